The van der Waals surface area contributed by atoms with Crippen molar-refractivity contribution in [1.82, 2.24) is 9.80 Å². The zero-order chi connectivity index (χ0) is 13.8. The quantitative estimate of drug-likeness (QED) is 0.910. The Labute approximate surface area is 128 Å². The molecule has 3 nitrogen and oxygen atoms in total. The van der Waals surface area contributed by atoms with Crippen molar-refractivity contribution < 1.29 is 0 Å². The van der Waals surface area contributed by atoms with Crippen molar-refractivity contribution in [3.05, 3.63) is 33.3 Å². The lowest BCUT2D eigenvalue weighted by atomic mass is 10.0. The van der Waals surface area contributed by atoms with Gasteiger partial charge in [-0.05, 0) is 30.3 Å². The number of halogens is 2. The summed E-state index contributed by atoms with van der Waals surface area (Å²) in [6, 6.07) is 6.20. The first kappa shape index (κ1) is 15.3. The zero-order valence-electron chi connectivity index (χ0n) is 11.3. The molecule has 0 saturated carbocycles. The van der Waals surface area contributed by atoms with Crippen LogP contribution in [0.1, 0.15) is 18.5 Å². The maximum atomic E-state index is 6.33. The second-order valence-electron chi connectivity index (χ2n) is 4.89. The molecule has 0 aromatic heterocycles. The number of nitrogens with zero attached hydrogens (tertiary/aromatic N) is 2. The first-order valence-corrected chi connectivity index (χ1v) is 7.94. The summed E-state index contributed by atoms with van der Waals surface area (Å²) in [6.07, 6.45) is 0. The van der Waals surface area contributed by atoms with E-state index in [2.05, 4.69) is 38.7 Å². The van der Waals surface area contributed by atoms with Gasteiger partial charge >= 0.3 is 0 Å². The Morgan fingerprint density at radius 3 is 2.58 bits per heavy atom. The van der Waals surface area contributed by atoms with Gasteiger partial charge in [0.05, 0.1) is 0 Å². The molecule has 19 heavy (non-hydrogen) atoms. The third-order valence-corrected chi connectivity index (χ3v) is 4.67. The fourth-order valence-corrected chi connectivity index (χ4v) is 3.26. The molecule has 0 aliphatic carbocycles. The molecular formula is C14H21BrClN3. The van der Waals surface area contributed by atoms with Crippen molar-refractivity contribution in [3.8, 4) is 0 Å². The molecule has 2 rings (SSSR count). The van der Waals surface area contributed by atoms with Gasteiger partial charge in [-0.25, -0.2) is 0 Å². The molecule has 1 aromatic carbocycles. The molecule has 0 bridgehead atoms. The lowest BCUT2D eigenvalue weighted by Gasteiger charge is -2.39. The van der Waals surface area contributed by atoms with Crippen LogP contribution in [0.15, 0.2) is 22.7 Å². The summed E-state index contributed by atoms with van der Waals surface area (Å²) in [6.45, 7) is 8.26. The predicted octanol–water partition coefficient (Wildman–Crippen LogP) is 2.74. The molecule has 106 valence electrons. The lowest BCUT2D eigenvalue weighted by molar-refractivity contribution is 0.102. The Hall–Kier alpha value is -0.130. The van der Waals surface area contributed by atoms with E-state index in [0.29, 0.717) is 6.54 Å². The molecule has 1 aromatic rings. The summed E-state index contributed by atoms with van der Waals surface area (Å²) in [7, 11) is 0. The Balaban J connectivity index is 2.14. The number of hydrogen-bond donors (Lipinski definition) is 1. The number of benzene rings is 1. The van der Waals surface area contributed by atoms with Crippen LogP contribution >= 0.6 is 27.5 Å². The van der Waals surface area contributed by atoms with Crippen LogP contribution in [-0.4, -0.2) is 49.1 Å². The smallest absolute Gasteiger partial charge is 0.0486 e. The Morgan fingerprint density at radius 1 is 1.32 bits per heavy atom. The SMILES string of the molecule is CCN1CCN(C(CN)c2cc(Br)ccc2Cl)CC1. The fourth-order valence-electron chi connectivity index (χ4n) is 2.63. The van der Waals surface area contributed by atoms with Crippen molar-refractivity contribution >= 4 is 27.5 Å². The molecule has 1 aliphatic heterocycles. The Bertz CT molecular complexity index is 419. The van der Waals surface area contributed by atoms with Crippen LogP contribution in [0, 0.1) is 0 Å². The third kappa shape index (κ3) is 3.70. The van der Waals surface area contributed by atoms with Crippen molar-refractivity contribution in [2.24, 2.45) is 5.73 Å². The van der Waals surface area contributed by atoms with Gasteiger partial charge in [0.2, 0.25) is 0 Å². The van der Waals surface area contributed by atoms with Crippen molar-refractivity contribution in [3.63, 3.8) is 0 Å². The average molecular weight is 347 g/mol. The van der Waals surface area contributed by atoms with Gasteiger partial charge in [-0.3, -0.25) is 4.90 Å². The summed E-state index contributed by atoms with van der Waals surface area (Å²) in [5.41, 5.74) is 7.12. The molecule has 0 spiro atoms. The van der Waals surface area contributed by atoms with Gasteiger partial charge in [0.15, 0.2) is 0 Å². The second kappa shape index (κ2) is 7.04. The number of nitrogens with two attached hydrogens (primary N) is 1. The van der Waals surface area contributed by atoms with Crippen LogP contribution in [0.5, 0.6) is 0 Å². The van der Waals surface area contributed by atoms with Crippen LogP contribution in [0.3, 0.4) is 0 Å². The van der Waals surface area contributed by atoms with E-state index < -0.39 is 0 Å². The largest absolute Gasteiger partial charge is 0.329 e. The van der Waals surface area contributed by atoms with Crippen LogP contribution in [0.25, 0.3) is 0 Å². The summed E-state index contributed by atoms with van der Waals surface area (Å²) in [4.78, 5) is 4.91. The molecule has 0 amide bonds. The maximum Gasteiger partial charge on any atom is 0.0486 e. The Morgan fingerprint density at radius 2 is 2.00 bits per heavy atom. The van der Waals surface area contributed by atoms with Gasteiger partial charge in [0.1, 0.15) is 0 Å². The predicted molar refractivity (Wildman–Crippen MR) is 84.6 cm³/mol. The van der Waals surface area contributed by atoms with Crippen molar-refractivity contribution in [2.45, 2.75) is 13.0 Å². The summed E-state index contributed by atoms with van der Waals surface area (Å²) < 4.78 is 1.05. The van der Waals surface area contributed by atoms with Crippen LogP contribution < -0.4 is 5.73 Å². The van der Waals surface area contributed by atoms with Gasteiger partial charge in [-0.1, -0.05) is 34.5 Å². The number of piperazine rings is 1. The van der Waals surface area contributed by atoms with E-state index in [1.165, 1.54) is 0 Å². The Kier molecular flexibility index (Phi) is 5.66. The molecule has 5 heteroatoms. The molecule has 1 fully saturated rings. The molecule has 2 N–H and O–H groups in total. The second-order valence-corrected chi connectivity index (χ2v) is 6.21. The zero-order valence-corrected chi connectivity index (χ0v) is 13.6. The lowest BCUT2D eigenvalue weighted by Crippen LogP contribution is -2.48. The van der Waals surface area contributed by atoms with Gasteiger partial charge in [0, 0.05) is 48.3 Å². The molecule has 1 heterocycles. The molecule has 1 saturated heterocycles. The van der Waals surface area contributed by atoms with Crippen LogP contribution in [-0.2, 0) is 0 Å². The van der Waals surface area contributed by atoms with E-state index in [0.717, 1.165) is 47.8 Å². The highest BCUT2D eigenvalue weighted by Crippen LogP contribution is 2.30. The van der Waals surface area contributed by atoms with Crippen LogP contribution in [0.2, 0.25) is 5.02 Å². The summed E-state index contributed by atoms with van der Waals surface area (Å²) >= 11 is 9.84. The van der Waals surface area contributed by atoms with Crippen molar-refractivity contribution in [2.75, 3.05) is 39.3 Å². The highest BCUT2D eigenvalue weighted by atomic mass is 79.9. The summed E-state index contributed by atoms with van der Waals surface area (Å²) in [5.74, 6) is 0. The minimum absolute atomic E-state index is 0.212. The fraction of sp³-hybridized carbons (Fsp3) is 0.571. The molecule has 1 unspecified atom stereocenters. The number of hydrogen-bond acceptors (Lipinski definition) is 3. The van der Waals surface area contributed by atoms with E-state index in [1.54, 1.807) is 0 Å². The van der Waals surface area contributed by atoms with E-state index in [9.17, 15) is 0 Å². The molecular weight excluding hydrogens is 326 g/mol. The van der Waals surface area contributed by atoms with Crippen molar-refractivity contribution in [1.29, 1.82) is 0 Å². The highest BCUT2D eigenvalue weighted by Gasteiger charge is 2.25. The standard InChI is InChI=1S/C14H21BrClN3/c1-2-18-5-7-19(8-6-18)14(10-17)12-9-11(15)3-4-13(12)16/h3-4,9,14H,2,5-8,10,17H2,1H3. The number of rotatable bonds is 4. The topological polar surface area (TPSA) is 32.5 Å². The third-order valence-electron chi connectivity index (χ3n) is 3.84. The normalized spacial score (nSPS) is 19.6. The van der Waals surface area contributed by atoms with Gasteiger partial charge in [-0.15, -0.1) is 0 Å². The average Bonchev–Trinajstić information content (AvgIpc) is 2.44. The van der Waals surface area contributed by atoms with E-state index in [1.807, 2.05) is 12.1 Å². The number of likely N-dealkylation sites (N-methyl/N-ethyl adjacent to an activating group) is 1. The summed E-state index contributed by atoms with van der Waals surface area (Å²) in [5, 5.41) is 0.802. The maximum absolute atomic E-state index is 6.33. The van der Waals surface area contributed by atoms with E-state index >= 15 is 0 Å². The minimum atomic E-state index is 0.212. The van der Waals surface area contributed by atoms with Gasteiger partial charge < -0.3 is 10.6 Å². The molecule has 1 atom stereocenters. The monoisotopic (exact) mass is 345 g/mol. The minimum Gasteiger partial charge on any atom is -0.329 e. The van der Waals surface area contributed by atoms with Gasteiger partial charge in [0.25, 0.3) is 0 Å². The first-order chi connectivity index (χ1) is 9.15. The first-order valence-electron chi connectivity index (χ1n) is 6.77. The molecule has 1 aliphatic rings. The highest BCUT2D eigenvalue weighted by molar-refractivity contribution is 9.10. The van der Waals surface area contributed by atoms with Gasteiger partial charge in [-0.2, -0.15) is 0 Å². The van der Waals surface area contributed by atoms with Crippen LogP contribution in [0.4, 0.5) is 0 Å². The van der Waals surface area contributed by atoms with E-state index in [-0.39, 0.29) is 6.04 Å². The van der Waals surface area contributed by atoms with E-state index in [4.69, 9.17) is 17.3 Å². The molecule has 0 radical (unpaired) electrons.